The molecule has 2 aromatic heterocycles. The fourth-order valence-electron chi connectivity index (χ4n) is 4.07. The highest BCUT2D eigenvalue weighted by Gasteiger charge is 2.16. The Morgan fingerprint density at radius 2 is 1.85 bits per heavy atom. The quantitative estimate of drug-likeness (QED) is 0.429. The Kier molecular flexibility index (Phi) is 7.57. The summed E-state index contributed by atoms with van der Waals surface area (Å²) in [7, 11) is 3.81. The van der Waals surface area contributed by atoms with Gasteiger partial charge >= 0.3 is 0 Å². The molecule has 1 aromatic carbocycles. The van der Waals surface area contributed by atoms with E-state index in [9.17, 15) is 0 Å². The molecular formula is C25H34N8. The number of hydrogen-bond donors (Lipinski definition) is 2. The normalized spacial score (nSPS) is 15.0. The number of anilines is 1. The van der Waals surface area contributed by atoms with E-state index in [-0.39, 0.29) is 0 Å². The van der Waals surface area contributed by atoms with Gasteiger partial charge in [0.1, 0.15) is 11.6 Å². The highest BCUT2D eigenvalue weighted by Crippen LogP contribution is 2.17. The van der Waals surface area contributed by atoms with E-state index in [2.05, 4.69) is 66.2 Å². The summed E-state index contributed by atoms with van der Waals surface area (Å²) in [6.45, 7) is 8.92. The molecule has 33 heavy (non-hydrogen) atoms. The van der Waals surface area contributed by atoms with Gasteiger partial charge in [0.05, 0.1) is 18.4 Å². The van der Waals surface area contributed by atoms with Crippen molar-refractivity contribution in [2.24, 2.45) is 4.99 Å². The van der Waals surface area contributed by atoms with Gasteiger partial charge < -0.3 is 25.0 Å². The largest absolute Gasteiger partial charge is 0.354 e. The molecule has 3 aromatic rings. The van der Waals surface area contributed by atoms with E-state index < -0.39 is 0 Å². The first-order valence-electron chi connectivity index (χ1n) is 11.6. The lowest BCUT2D eigenvalue weighted by Gasteiger charge is -2.34. The van der Waals surface area contributed by atoms with Gasteiger partial charge in [-0.3, -0.25) is 4.99 Å². The number of rotatable bonds is 7. The Morgan fingerprint density at radius 1 is 1.06 bits per heavy atom. The second-order valence-electron chi connectivity index (χ2n) is 8.31. The fourth-order valence-corrected chi connectivity index (χ4v) is 4.07. The van der Waals surface area contributed by atoms with Crippen molar-refractivity contribution in [1.29, 1.82) is 0 Å². The third-order valence-corrected chi connectivity index (χ3v) is 6.08. The zero-order valence-electron chi connectivity index (χ0n) is 19.8. The number of likely N-dealkylation sites (N-methyl/N-ethyl adjacent to an activating group) is 1. The van der Waals surface area contributed by atoms with Crippen LogP contribution in [0.2, 0.25) is 0 Å². The monoisotopic (exact) mass is 446 g/mol. The summed E-state index contributed by atoms with van der Waals surface area (Å²) < 4.78 is 0. The van der Waals surface area contributed by atoms with Gasteiger partial charge in [0.15, 0.2) is 5.96 Å². The number of aliphatic imine (C=N–C) groups is 1. The van der Waals surface area contributed by atoms with Crippen LogP contribution in [0.4, 0.5) is 5.82 Å². The molecule has 0 bridgehead atoms. The van der Waals surface area contributed by atoms with Crippen LogP contribution in [-0.4, -0.2) is 77.5 Å². The Morgan fingerprint density at radius 3 is 2.52 bits per heavy atom. The molecule has 0 amide bonds. The number of aromatic amines is 1. The van der Waals surface area contributed by atoms with Crippen LogP contribution in [0.25, 0.3) is 11.3 Å². The fraction of sp³-hybridized carbons (Fsp3) is 0.400. The highest BCUT2D eigenvalue weighted by atomic mass is 15.3. The summed E-state index contributed by atoms with van der Waals surface area (Å²) in [5.74, 6) is 2.77. The lowest BCUT2D eigenvalue weighted by molar-refractivity contribution is 0.270. The van der Waals surface area contributed by atoms with Crippen molar-refractivity contribution in [3.63, 3.8) is 0 Å². The Labute approximate surface area is 196 Å². The van der Waals surface area contributed by atoms with E-state index >= 15 is 0 Å². The smallest absolute Gasteiger partial charge is 0.194 e. The molecule has 0 radical (unpaired) electrons. The van der Waals surface area contributed by atoms with E-state index in [0.717, 1.165) is 67.1 Å². The molecule has 0 saturated carbocycles. The van der Waals surface area contributed by atoms with Crippen LogP contribution in [-0.2, 0) is 13.1 Å². The third kappa shape index (κ3) is 5.90. The van der Waals surface area contributed by atoms with E-state index in [4.69, 9.17) is 4.98 Å². The van der Waals surface area contributed by atoms with Crippen molar-refractivity contribution in [2.45, 2.75) is 20.0 Å². The first kappa shape index (κ1) is 22.8. The van der Waals surface area contributed by atoms with Crippen molar-refractivity contribution in [2.75, 3.05) is 51.7 Å². The average Bonchev–Trinajstić information content (AvgIpc) is 3.34. The average molecular weight is 447 g/mol. The van der Waals surface area contributed by atoms with Gasteiger partial charge in [0, 0.05) is 53.0 Å². The van der Waals surface area contributed by atoms with Crippen molar-refractivity contribution in [3.8, 4) is 11.3 Å². The van der Waals surface area contributed by atoms with E-state index in [1.54, 1.807) is 7.05 Å². The van der Waals surface area contributed by atoms with E-state index in [1.807, 2.05) is 37.6 Å². The zero-order valence-corrected chi connectivity index (χ0v) is 19.8. The van der Waals surface area contributed by atoms with Crippen LogP contribution < -0.4 is 10.2 Å². The number of aromatic nitrogens is 3. The van der Waals surface area contributed by atoms with Crippen LogP contribution in [0.5, 0.6) is 0 Å². The van der Waals surface area contributed by atoms with Gasteiger partial charge in [-0.1, -0.05) is 43.3 Å². The number of pyridine rings is 1. The summed E-state index contributed by atoms with van der Waals surface area (Å²) in [5, 5.41) is 3.43. The Hall–Kier alpha value is -3.39. The summed E-state index contributed by atoms with van der Waals surface area (Å²) in [6.07, 6.45) is 3.84. The Bertz CT molecular complexity index is 1020. The van der Waals surface area contributed by atoms with Crippen LogP contribution in [0.15, 0.2) is 59.9 Å². The third-order valence-electron chi connectivity index (χ3n) is 6.08. The molecule has 0 spiro atoms. The maximum atomic E-state index is 4.70. The van der Waals surface area contributed by atoms with E-state index in [1.165, 1.54) is 0 Å². The van der Waals surface area contributed by atoms with Crippen molar-refractivity contribution in [1.82, 2.24) is 30.1 Å². The number of piperazine rings is 1. The first-order valence-corrected chi connectivity index (χ1v) is 11.6. The van der Waals surface area contributed by atoms with Crippen molar-refractivity contribution in [3.05, 3.63) is 66.2 Å². The van der Waals surface area contributed by atoms with Gasteiger partial charge in [-0.05, 0) is 23.7 Å². The molecule has 1 aliphatic heterocycles. The second-order valence-corrected chi connectivity index (χ2v) is 8.31. The van der Waals surface area contributed by atoms with Crippen LogP contribution in [0.1, 0.15) is 18.3 Å². The molecule has 1 saturated heterocycles. The summed E-state index contributed by atoms with van der Waals surface area (Å²) >= 11 is 0. The Balaban J connectivity index is 1.29. The summed E-state index contributed by atoms with van der Waals surface area (Å²) in [6, 6.07) is 14.5. The molecular weight excluding hydrogens is 412 g/mol. The molecule has 2 N–H and O–H groups in total. The minimum Gasteiger partial charge on any atom is -0.354 e. The van der Waals surface area contributed by atoms with Gasteiger partial charge in [0.2, 0.25) is 0 Å². The molecule has 0 unspecified atom stereocenters. The van der Waals surface area contributed by atoms with Gasteiger partial charge in [-0.2, -0.15) is 0 Å². The van der Waals surface area contributed by atoms with Gasteiger partial charge in [-0.15, -0.1) is 0 Å². The molecule has 0 atom stereocenters. The molecule has 1 fully saturated rings. The van der Waals surface area contributed by atoms with Crippen molar-refractivity contribution < 1.29 is 0 Å². The number of guanidine groups is 1. The molecule has 3 heterocycles. The molecule has 0 aliphatic carbocycles. The van der Waals surface area contributed by atoms with E-state index in [0.29, 0.717) is 13.1 Å². The molecule has 8 heteroatoms. The molecule has 174 valence electrons. The maximum Gasteiger partial charge on any atom is 0.194 e. The summed E-state index contributed by atoms with van der Waals surface area (Å²) in [5.41, 5.74) is 3.28. The lowest BCUT2D eigenvalue weighted by atomic mass is 10.2. The number of imidazole rings is 1. The number of H-pyrrole nitrogens is 1. The van der Waals surface area contributed by atoms with Crippen LogP contribution >= 0.6 is 0 Å². The predicted octanol–water partition coefficient (Wildman–Crippen LogP) is 2.82. The standard InChI is InChI=1S/C25H34N8/c1-4-32-12-14-33(15-13-32)24-11-10-20(16-28-24)17-29-25(26-2)31(3)19-23-27-18-22(30-23)21-8-6-5-7-9-21/h5-11,16,18H,4,12-15,17,19H2,1-3H3,(H,26,29)(H,27,30). The topological polar surface area (TPSA) is 75.7 Å². The molecule has 8 nitrogen and oxygen atoms in total. The number of benzene rings is 1. The van der Waals surface area contributed by atoms with Crippen molar-refractivity contribution >= 4 is 11.8 Å². The SMILES string of the molecule is CCN1CCN(c2ccc(CNC(=NC)N(C)Cc3ncc(-c4ccccc4)[nH]3)cn2)CC1. The van der Waals surface area contributed by atoms with Gasteiger partial charge in [-0.25, -0.2) is 9.97 Å². The first-order chi connectivity index (χ1) is 16.2. The number of nitrogens with one attached hydrogen (secondary N) is 2. The summed E-state index contributed by atoms with van der Waals surface area (Å²) in [4.78, 5) is 24.0. The minimum absolute atomic E-state index is 0.632. The molecule has 4 rings (SSSR count). The minimum atomic E-state index is 0.632. The number of hydrogen-bond acceptors (Lipinski definition) is 5. The highest BCUT2D eigenvalue weighted by molar-refractivity contribution is 5.79. The second kappa shape index (κ2) is 11.0. The molecule has 1 aliphatic rings. The number of nitrogens with zero attached hydrogens (tertiary/aromatic N) is 6. The zero-order chi connectivity index (χ0) is 23.0. The van der Waals surface area contributed by atoms with Crippen LogP contribution in [0, 0.1) is 0 Å². The predicted molar refractivity (Wildman–Crippen MR) is 134 cm³/mol. The van der Waals surface area contributed by atoms with Crippen LogP contribution in [0.3, 0.4) is 0 Å². The van der Waals surface area contributed by atoms with Gasteiger partial charge in [0.25, 0.3) is 0 Å². The lowest BCUT2D eigenvalue weighted by Crippen LogP contribution is -2.46. The maximum absolute atomic E-state index is 4.70.